The standard InChI is InChI=1S/C15H17F3N2O2/c16-15(17,18)10-4-2-6-20(8-10)14(22)11-7-9-3-1-5-12(9)19-13(11)21/h7,10H,1-6,8H2,(H,19,21)/t10-/m0/s1. The number of H-pyrrole nitrogens is 1. The van der Waals surface area contributed by atoms with Crippen LogP contribution in [0.25, 0.3) is 0 Å². The molecule has 3 rings (SSSR count). The maximum absolute atomic E-state index is 12.8. The van der Waals surface area contributed by atoms with Gasteiger partial charge in [0.2, 0.25) is 0 Å². The van der Waals surface area contributed by atoms with Gasteiger partial charge in [0, 0.05) is 18.8 Å². The molecule has 7 heteroatoms. The predicted molar refractivity (Wildman–Crippen MR) is 73.8 cm³/mol. The van der Waals surface area contributed by atoms with Gasteiger partial charge in [0.25, 0.3) is 11.5 Å². The number of pyridine rings is 1. The quantitative estimate of drug-likeness (QED) is 0.864. The minimum absolute atomic E-state index is 0.0355. The molecule has 0 bridgehead atoms. The van der Waals surface area contributed by atoms with E-state index in [9.17, 15) is 22.8 Å². The molecule has 120 valence electrons. The fourth-order valence-corrected chi connectivity index (χ4v) is 3.27. The van der Waals surface area contributed by atoms with Crippen molar-refractivity contribution in [3.63, 3.8) is 0 Å². The number of aromatic amines is 1. The van der Waals surface area contributed by atoms with Crippen molar-refractivity contribution >= 4 is 5.91 Å². The minimum Gasteiger partial charge on any atom is -0.338 e. The van der Waals surface area contributed by atoms with Crippen LogP contribution in [0.15, 0.2) is 10.9 Å². The molecule has 2 aliphatic rings. The molecular formula is C15H17F3N2O2. The highest BCUT2D eigenvalue weighted by Gasteiger charge is 2.43. The number of halogens is 3. The number of fused-ring (bicyclic) bond motifs is 1. The van der Waals surface area contributed by atoms with Crippen LogP contribution in [-0.4, -0.2) is 35.1 Å². The lowest BCUT2D eigenvalue weighted by Crippen LogP contribution is -2.45. The van der Waals surface area contributed by atoms with Gasteiger partial charge in [-0.15, -0.1) is 0 Å². The first-order valence-electron chi connectivity index (χ1n) is 7.47. The largest absolute Gasteiger partial charge is 0.393 e. The monoisotopic (exact) mass is 314 g/mol. The van der Waals surface area contributed by atoms with Gasteiger partial charge in [0.1, 0.15) is 5.56 Å². The molecule has 0 saturated carbocycles. The molecule has 0 aromatic carbocycles. The zero-order valence-corrected chi connectivity index (χ0v) is 12.0. The van der Waals surface area contributed by atoms with Crippen LogP contribution in [0.1, 0.15) is 40.9 Å². The molecule has 4 nitrogen and oxygen atoms in total. The van der Waals surface area contributed by atoms with Crippen molar-refractivity contribution < 1.29 is 18.0 Å². The molecule has 1 N–H and O–H groups in total. The SMILES string of the molecule is O=C(c1cc2c([nH]c1=O)CCC2)N1CCC[C@H](C(F)(F)F)C1. The topological polar surface area (TPSA) is 53.2 Å². The number of amides is 1. The van der Waals surface area contributed by atoms with Crippen LogP contribution in [0.4, 0.5) is 13.2 Å². The van der Waals surface area contributed by atoms with Crippen molar-refractivity contribution in [2.24, 2.45) is 5.92 Å². The van der Waals surface area contributed by atoms with Gasteiger partial charge in [-0.25, -0.2) is 0 Å². The maximum Gasteiger partial charge on any atom is 0.393 e. The van der Waals surface area contributed by atoms with Crippen LogP contribution in [0.2, 0.25) is 0 Å². The van der Waals surface area contributed by atoms with E-state index in [1.807, 2.05) is 0 Å². The summed E-state index contributed by atoms with van der Waals surface area (Å²) in [6.45, 7) is -0.0964. The zero-order chi connectivity index (χ0) is 15.9. The van der Waals surface area contributed by atoms with Crippen molar-refractivity contribution in [2.75, 3.05) is 13.1 Å². The Bertz CT molecular complexity index is 651. The highest BCUT2D eigenvalue weighted by atomic mass is 19.4. The summed E-state index contributed by atoms with van der Waals surface area (Å²) in [6.07, 6.45) is -1.48. The third-order valence-corrected chi connectivity index (χ3v) is 4.49. The van der Waals surface area contributed by atoms with E-state index in [0.29, 0.717) is 6.42 Å². The van der Waals surface area contributed by atoms with E-state index in [-0.39, 0.29) is 25.1 Å². The molecule has 1 amide bonds. The van der Waals surface area contributed by atoms with E-state index < -0.39 is 23.6 Å². The number of nitrogens with one attached hydrogen (secondary N) is 1. The first-order valence-corrected chi connectivity index (χ1v) is 7.47. The molecule has 2 heterocycles. The molecule has 0 radical (unpaired) electrons. The van der Waals surface area contributed by atoms with Gasteiger partial charge in [0.05, 0.1) is 5.92 Å². The molecular weight excluding hydrogens is 297 g/mol. The summed E-state index contributed by atoms with van der Waals surface area (Å²) in [5, 5.41) is 0. The van der Waals surface area contributed by atoms with Crippen LogP contribution >= 0.6 is 0 Å². The average molecular weight is 314 g/mol. The van der Waals surface area contributed by atoms with Gasteiger partial charge in [-0.05, 0) is 43.7 Å². The summed E-state index contributed by atoms with van der Waals surface area (Å²) in [6, 6.07) is 1.56. The van der Waals surface area contributed by atoms with E-state index in [2.05, 4.69) is 4.98 Å². The Labute approximate surface area is 125 Å². The maximum atomic E-state index is 12.8. The van der Waals surface area contributed by atoms with Crippen molar-refractivity contribution in [3.8, 4) is 0 Å². The second-order valence-corrected chi connectivity index (χ2v) is 6.00. The minimum atomic E-state index is -4.30. The summed E-state index contributed by atoms with van der Waals surface area (Å²) < 4.78 is 38.5. The van der Waals surface area contributed by atoms with E-state index in [4.69, 9.17) is 0 Å². The molecule has 0 spiro atoms. The van der Waals surface area contributed by atoms with Gasteiger partial charge in [-0.2, -0.15) is 13.2 Å². The van der Waals surface area contributed by atoms with E-state index in [1.54, 1.807) is 6.07 Å². The molecule has 1 aromatic heterocycles. The number of piperidine rings is 1. The molecule has 1 aromatic rings. The number of aryl methyl sites for hydroxylation is 2. The van der Waals surface area contributed by atoms with Gasteiger partial charge in [0.15, 0.2) is 0 Å². The molecule has 0 unspecified atom stereocenters. The summed E-state index contributed by atoms with van der Waals surface area (Å²) in [7, 11) is 0. The highest BCUT2D eigenvalue weighted by Crippen LogP contribution is 2.33. The van der Waals surface area contributed by atoms with E-state index >= 15 is 0 Å². The first kappa shape index (κ1) is 15.1. The Balaban J connectivity index is 1.84. The van der Waals surface area contributed by atoms with Crippen LogP contribution < -0.4 is 5.56 Å². The number of likely N-dealkylation sites (tertiary alicyclic amines) is 1. The van der Waals surface area contributed by atoms with E-state index in [0.717, 1.165) is 35.4 Å². The summed E-state index contributed by atoms with van der Waals surface area (Å²) >= 11 is 0. The van der Waals surface area contributed by atoms with Crippen LogP contribution in [0, 0.1) is 5.92 Å². The Kier molecular flexibility index (Phi) is 3.74. The normalized spacial score (nSPS) is 21.8. The van der Waals surface area contributed by atoms with Crippen molar-refractivity contribution in [1.29, 1.82) is 0 Å². The van der Waals surface area contributed by atoms with Gasteiger partial charge < -0.3 is 9.88 Å². The zero-order valence-electron chi connectivity index (χ0n) is 12.0. The van der Waals surface area contributed by atoms with Crippen LogP contribution in [0.5, 0.6) is 0 Å². The molecule has 1 aliphatic heterocycles. The number of hydrogen-bond donors (Lipinski definition) is 1. The van der Waals surface area contributed by atoms with Crippen LogP contribution in [0.3, 0.4) is 0 Å². The predicted octanol–water partition coefficient (Wildman–Crippen LogP) is 2.28. The van der Waals surface area contributed by atoms with Crippen molar-refractivity contribution in [2.45, 2.75) is 38.3 Å². The fourth-order valence-electron chi connectivity index (χ4n) is 3.27. The first-order chi connectivity index (χ1) is 10.4. The van der Waals surface area contributed by atoms with Crippen molar-refractivity contribution in [1.82, 2.24) is 9.88 Å². The summed E-state index contributed by atoms with van der Waals surface area (Å²) in [5.74, 6) is -2.09. The van der Waals surface area contributed by atoms with Gasteiger partial charge in [-0.1, -0.05) is 0 Å². The molecule has 22 heavy (non-hydrogen) atoms. The molecule has 1 fully saturated rings. The Morgan fingerprint density at radius 1 is 1.27 bits per heavy atom. The molecule has 1 atom stereocenters. The number of nitrogens with zero attached hydrogens (tertiary/aromatic N) is 1. The summed E-state index contributed by atoms with van der Waals surface area (Å²) in [5.41, 5.74) is 1.23. The number of hydrogen-bond acceptors (Lipinski definition) is 2. The number of carbonyl (C=O) groups is 1. The lowest BCUT2D eigenvalue weighted by Gasteiger charge is -2.33. The highest BCUT2D eigenvalue weighted by molar-refractivity contribution is 5.94. The Hall–Kier alpha value is -1.79. The van der Waals surface area contributed by atoms with E-state index in [1.165, 1.54) is 0 Å². The average Bonchev–Trinajstić information content (AvgIpc) is 2.92. The molecule has 1 saturated heterocycles. The number of aromatic nitrogens is 1. The lowest BCUT2D eigenvalue weighted by atomic mass is 9.97. The lowest BCUT2D eigenvalue weighted by molar-refractivity contribution is -0.184. The third kappa shape index (κ3) is 2.76. The second-order valence-electron chi connectivity index (χ2n) is 6.00. The van der Waals surface area contributed by atoms with Gasteiger partial charge >= 0.3 is 6.18 Å². The molecule has 1 aliphatic carbocycles. The number of carbonyl (C=O) groups excluding carboxylic acids is 1. The number of alkyl halides is 3. The van der Waals surface area contributed by atoms with Crippen LogP contribution in [-0.2, 0) is 12.8 Å². The number of rotatable bonds is 1. The smallest absolute Gasteiger partial charge is 0.338 e. The van der Waals surface area contributed by atoms with Crippen molar-refractivity contribution in [3.05, 3.63) is 33.2 Å². The van der Waals surface area contributed by atoms with Gasteiger partial charge in [-0.3, -0.25) is 9.59 Å². The summed E-state index contributed by atoms with van der Waals surface area (Å²) in [4.78, 5) is 28.3. The fraction of sp³-hybridized carbons (Fsp3) is 0.600. The second kappa shape index (κ2) is 5.44. The Morgan fingerprint density at radius 3 is 2.77 bits per heavy atom. The third-order valence-electron chi connectivity index (χ3n) is 4.49. The Morgan fingerprint density at radius 2 is 2.05 bits per heavy atom.